The number of carbonyl (C=O) groups is 1. The highest BCUT2D eigenvalue weighted by Gasteiger charge is 2.20. The number of ether oxygens (including phenoxy) is 1. The Labute approximate surface area is 188 Å². The summed E-state index contributed by atoms with van der Waals surface area (Å²) in [5, 5.41) is 3.68. The quantitative estimate of drug-likeness (QED) is 0.596. The van der Waals surface area contributed by atoms with Crippen molar-refractivity contribution in [1.82, 2.24) is 4.90 Å². The number of para-hydroxylation sites is 1. The summed E-state index contributed by atoms with van der Waals surface area (Å²) in [4.78, 5) is 17.4. The molecule has 0 radical (unpaired) electrons. The lowest BCUT2D eigenvalue weighted by molar-refractivity contribution is 0.102. The molecule has 0 aromatic heterocycles. The second kappa shape index (κ2) is 9.86. The molecule has 160 valence electrons. The Balaban J connectivity index is 1.43. The van der Waals surface area contributed by atoms with Crippen LogP contribution in [0.4, 0.5) is 11.4 Å². The van der Waals surface area contributed by atoms with Gasteiger partial charge in [0.1, 0.15) is 12.4 Å². The molecule has 0 aliphatic carbocycles. The lowest BCUT2D eigenvalue weighted by Gasteiger charge is -2.35. The van der Waals surface area contributed by atoms with Crippen molar-refractivity contribution in [3.63, 3.8) is 0 Å². The van der Waals surface area contributed by atoms with E-state index in [9.17, 15) is 4.79 Å². The Bertz CT molecular complexity index is 1020. The molecule has 1 aliphatic rings. The smallest absolute Gasteiger partial charge is 0.255 e. The van der Waals surface area contributed by atoms with Gasteiger partial charge in [0, 0.05) is 31.7 Å². The van der Waals surface area contributed by atoms with Crippen LogP contribution in [-0.4, -0.2) is 44.0 Å². The number of amides is 1. The van der Waals surface area contributed by atoms with E-state index in [-0.39, 0.29) is 5.91 Å². The number of halogens is 1. The van der Waals surface area contributed by atoms with E-state index in [0.717, 1.165) is 48.9 Å². The fourth-order valence-electron chi connectivity index (χ4n) is 3.61. The largest absolute Gasteiger partial charge is 0.489 e. The highest BCUT2D eigenvalue weighted by molar-refractivity contribution is 6.34. The van der Waals surface area contributed by atoms with Gasteiger partial charge in [0.05, 0.1) is 16.4 Å². The van der Waals surface area contributed by atoms with Crippen molar-refractivity contribution in [2.45, 2.75) is 6.61 Å². The summed E-state index contributed by atoms with van der Waals surface area (Å²) in [7, 11) is 2.11. The molecule has 6 heteroatoms. The first-order chi connectivity index (χ1) is 15.1. The molecule has 1 fully saturated rings. The normalized spacial score (nSPS) is 14.3. The maximum Gasteiger partial charge on any atom is 0.255 e. The van der Waals surface area contributed by atoms with Crippen LogP contribution in [-0.2, 0) is 6.61 Å². The van der Waals surface area contributed by atoms with Gasteiger partial charge in [0.15, 0.2) is 0 Å². The predicted molar refractivity (Wildman–Crippen MR) is 126 cm³/mol. The van der Waals surface area contributed by atoms with Gasteiger partial charge in [-0.05, 0) is 49.0 Å². The van der Waals surface area contributed by atoms with Crippen molar-refractivity contribution in [2.75, 3.05) is 43.4 Å². The van der Waals surface area contributed by atoms with Gasteiger partial charge < -0.3 is 19.9 Å². The van der Waals surface area contributed by atoms with Crippen molar-refractivity contribution < 1.29 is 9.53 Å². The number of carbonyl (C=O) groups excluding carboxylic acids is 1. The molecule has 5 nitrogen and oxygen atoms in total. The zero-order chi connectivity index (χ0) is 21.6. The molecule has 1 saturated heterocycles. The van der Waals surface area contributed by atoms with E-state index in [2.05, 4.69) is 22.2 Å². The molecular formula is C25H26ClN3O2. The van der Waals surface area contributed by atoms with E-state index in [1.165, 1.54) is 0 Å². The molecule has 4 rings (SSSR count). The number of anilines is 2. The minimum atomic E-state index is -0.174. The second-order valence-electron chi connectivity index (χ2n) is 7.68. The van der Waals surface area contributed by atoms with Gasteiger partial charge in [-0.15, -0.1) is 0 Å². The number of nitrogens with zero attached hydrogens (tertiary/aromatic N) is 2. The Hall–Kier alpha value is -3.02. The van der Waals surface area contributed by atoms with Crippen LogP contribution in [0.2, 0.25) is 5.02 Å². The minimum absolute atomic E-state index is 0.174. The summed E-state index contributed by atoms with van der Waals surface area (Å²) in [6.45, 7) is 4.16. The molecule has 1 heterocycles. The standard InChI is InChI=1S/C25H26ClN3O2/c1-28-14-16-29(17-15-28)24-22(26)8-5-9-23(24)27-25(30)20-10-12-21(13-11-20)31-18-19-6-3-2-4-7-19/h2-13H,14-18H2,1H3,(H,27,30). The number of benzene rings is 3. The Morgan fingerprint density at radius 2 is 1.65 bits per heavy atom. The first-order valence-corrected chi connectivity index (χ1v) is 10.8. The van der Waals surface area contributed by atoms with Crippen molar-refractivity contribution in [3.8, 4) is 5.75 Å². The zero-order valence-electron chi connectivity index (χ0n) is 17.6. The van der Waals surface area contributed by atoms with Gasteiger partial charge in [-0.25, -0.2) is 0 Å². The third-order valence-electron chi connectivity index (χ3n) is 5.42. The van der Waals surface area contributed by atoms with Crippen molar-refractivity contribution in [2.24, 2.45) is 0 Å². The molecular weight excluding hydrogens is 410 g/mol. The highest BCUT2D eigenvalue weighted by atomic mass is 35.5. The fourth-order valence-corrected chi connectivity index (χ4v) is 3.90. The number of piperazine rings is 1. The molecule has 0 atom stereocenters. The van der Waals surface area contributed by atoms with Gasteiger partial charge in [-0.3, -0.25) is 4.79 Å². The molecule has 3 aromatic rings. The summed E-state index contributed by atoms with van der Waals surface area (Å²) in [6.07, 6.45) is 0. The summed E-state index contributed by atoms with van der Waals surface area (Å²) in [6, 6.07) is 22.8. The van der Waals surface area contributed by atoms with Crippen LogP contribution in [0.25, 0.3) is 0 Å². The van der Waals surface area contributed by atoms with Crippen LogP contribution < -0.4 is 15.0 Å². The molecule has 0 spiro atoms. The highest BCUT2D eigenvalue weighted by Crippen LogP contribution is 2.34. The Morgan fingerprint density at radius 3 is 2.35 bits per heavy atom. The molecule has 1 N–H and O–H groups in total. The number of hydrogen-bond donors (Lipinski definition) is 1. The Kier molecular flexibility index (Phi) is 6.75. The van der Waals surface area contributed by atoms with E-state index in [1.54, 1.807) is 12.1 Å². The van der Waals surface area contributed by atoms with Crippen LogP contribution in [0.5, 0.6) is 5.75 Å². The average molecular weight is 436 g/mol. The third-order valence-corrected chi connectivity index (χ3v) is 5.72. The van der Waals surface area contributed by atoms with E-state index in [0.29, 0.717) is 17.2 Å². The lowest BCUT2D eigenvalue weighted by atomic mass is 10.1. The van der Waals surface area contributed by atoms with Gasteiger partial charge in [0.25, 0.3) is 5.91 Å². The maximum atomic E-state index is 12.9. The Morgan fingerprint density at radius 1 is 0.935 bits per heavy atom. The summed E-state index contributed by atoms with van der Waals surface area (Å²) in [5.74, 6) is 0.550. The average Bonchev–Trinajstić information content (AvgIpc) is 2.80. The van der Waals surface area contributed by atoms with Gasteiger partial charge >= 0.3 is 0 Å². The van der Waals surface area contributed by atoms with E-state index in [1.807, 2.05) is 60.7 Å². The van der Waals surface area contributed by atoms with Crippen molar-refractivity contribution in [3.05, 3.63) is 88.9 Å². The van der Waals surface area contributed by atoms with Crippen LogP contribution in [0.15, 0.2) is 72.8 Å². The lowest BCUT2D eigenvalue weighted by Crippen LogP contribution is -2.44. The number of hydrogen-bond acceptors (Lipinski definition) is 4. The molecule has 31 heavy (non-hydrogen) atoms. The molecule has 3 aromatic carbocycles. The molecule has 1 aliphatic heterocycles. The molecule has 1 amide bonds. The zero-order valence-corrected chi connectivity index (χ0v) is 18.3. The van der Waals surface area contributed by atoms with Gasteiger partial charge in [0.2, 0.25) is 0 Å². The van der Waals surface area contributed by atoms with Gasteiger partial charge in [-0.2, -0.15) is 0 Å². The van der Waals surface area contributed by atoms with E-state index in [4.69, 9.17) is 16.3 Å². The summed E-state index contributed by atoms with van der Waals surface area (Å²) >= 11 is 6.51. The first kappa shape index (κ1) is 21.2. The molecule has 0 unspecified atom stereocenters. The fraction of sp³-hybridized carbons (Fsp3) is 0.240. The molecule has 0 bridgehead atoms. The monoisotopic (exact) mass is 435 g/mol. The first-order valence-electron chi connectivity index (χ1n) is 10.4. The van der Waals surface area contributed by atoms with Crippen LogP contribution in [0, 0.1) is 0 Å². The van der Waals surface area contributed by atoms with Crippen molar-refractivity contribution in [1.29, 1.82) is 0 Å². The van der Waals surface area contributed by atoms with Crippen molar-refractivity contribution >= 4 is 28.9 Å². The number of likely N-dealkylation sites (N-methyl/N-ethyl adjacent to an activating group) is 1. The van der Waals surface area contributed by atoms with Gasteiger partial charge in [-0.1, -0.05) is 48.0 Å². The summed E-state index contributed by atoms with van der Waals surface area (Å²) in [5.41, 5.74) is 3.28. The minimum Gasteiger partial charge on any atom is -0.489 e. The van der Waals surface area contributed by atoms with Crippen LogP contribution in [0.1, 0.15) is 15.9 Å². The van der Waals surface area contributed by atoms with Crippen LogP contribution in [0.3, 0.4) is 0 Å². The second-order valence-corrected chi connectivity index (χ2v) is 8.09. The third kappa shape index (κ3) is 5.37. The number of rotatable bonds is 6. The van der Waals surface area contributed by atoms with E-state index < -0.39 is 0 Å². The molecule has 0 saturated carbocycles. The topological polar surface area (TPSA) is 44.8 Å². The summed E-state index contributed by atoms with van der Waals surface area (Å²) < 4.78 is 5.81. The maximum absolute atomic E-state index is 12.9. The predicted octanol–water partition coefficient (Wildman–Crippen LogP) is 4.92. The SMILES string of the molecule is CN1CCN(c2c(Cl)cccc2NC(=O)c2ccc(OCc3ccccc3)cc2)CC1. The van der Waals surface area contributed by atoms with Crippen LogP contribution >= 0.6 is 11.6 Å². The number of nitrogens with one attached hydrogen (secondary N) is 1. The van der Waals surface area contributed by atoms with E-state index >= 15 is 0 Å².